The molecule has 182 valence electrons. The van der Waals surface area contributed by atoms with Gasteiger partial charge in [0.25, 0.3) is 0 Å². The Balaban J connectivity index is 1.42. The van der Waals surface area contributed by atoms with Gasteiger partial charge in [-0.2, -0.15) is 5.10 Å². The van der Waals surface area contributed by atoms with Crippen LogP contribution in [0.2, 0.25) is 0 Å². The zero-order valence-corrected chi connectivity index (χ0v) is 20.1. The van der Waals surface area contributed by atoms with Crippen molar-refractivity contribution >= 4 is 28.7 Å². The molecule has 36 heavy (non-hydrogen) atoms. The average Bonchev–Trinajstić information content (AvgIpc) is 3.42. The van der Waals surface area contributed by atoms with Gasteiger partial charge in [0.2, 0.25) is 5.91 Å². The number of hydrogen-bond donors (Lipinski definition) is 1. The number of hydrogen-bond acceptors (Lipinski definition) is 6. The molecule has 0 saturated carbocycles. The van der Waals surface area contributed by atoms with Gasteiger partial charge in [-0.05, 0) is 62.2 Å². The molecule has 0 fully saturated rings. The van der Waals surface area contributed by atoms with Crippen LogP contribution in [0, 0.1) is 13.8 Å². The van der Waals surface area contributed by atoms with E-state index >= 15 is 0 Å². The zero-order chi connectivity index (χ0) is 25.4. The first-order valence-corrected chi connectivity index (χ1v) is 11.5. The number of benzene rings is 2. The minimum Gasteiger partial charge on any atom is -0.462 e. The van der Waals surface area contributed by atoms with Crippen molar-refractivity contribution in [1.29, 1.82) is 0 Å². The van der Waals surface area contributed by atoms with E-state index < -0.39 is 17.6 Å². The Labute approximate surface area is 205 Å². The van der Waals surface area contributed by atoms with Gasteiger partial charge in [-0.25, -0.2) is 23.2 Å². The molecular formula is C26H24N6O4. The topological polar surface area (TPSA) is 112 Å². The molecule has 0 unspecified atom stereocenters. The summed E-state index contributed by atoms with van der Waals surface area (Å²) in [6.07, 6.45) is 3.26. The number of nitrogens with one attached hydrogen (secondary N) is 1. The van der Waals surface area contributed by atoms with E-state index in [1.54, 1.807) is 42.0 Å². The smallest absolute Gasteiger partial charge is 0.350 e. The van der Waals surface area contributed by atoms with E-state index in [0.717, 1.165) is 21.5 Å². The van der Waals surface area contributed by atoms with Gasteiger partial charge in [-0.15, -0.1) is 5.10 Å². The Morgan fingerprint density at radius 2 is 1.83 bits per heavy atom. The maximum Gasteiger partial charge on any atom is 0.350 e. The van der Waals surface area contributed by atoms with Gasteiger partial charge in [0.05, 0.1) is 17.9 Å². The highest BCUT2D eigenvalue weighted by Gasteiger charge is 2.16. The van der Waals surface area contributed by atoms with Crippen LogP contribution >= 0.6 is 0 Å². The number of nitrogens with zero attached hydrogens (tertiary/aromatic N) is 5. The van der Waals surface area contributed by atoms with E-state index in [-0.39, 0.29) is 13.2 Å². The summed E-state index contributed by atoms with van der Waals surface area (Å²) in [7, 11) is 0. The fourth-order valence-electron chi connectivity index (χ4n) is 3.95. The Morgan fingerprint density at radius 3 is 2.61 bits per heavy atom. The molecule has 10 heteroatoms. The summed E-state index contributed by atoms with van der Waals surface area (Å²) in [4.78, 5) is 37.6. The predicted molar refractivity (Wildman–Crippen MR) is 134 cm³/mol. The molecule has 5 aromatic rings. The number of anilines is 1. The molecule has 0 radical (unpaired) electrons. The largest absolute Gasteiger partial charge is 0.462 e. The molecule has 0 spiro atoms. The standard InChI is InChI=1S/C26H24N6O4/c1-4-36-25(34)19-6-5-7-20(13-19)27-23(33)15-32-26(35)30-10-11-31-22(24(30)29-32)14-21(28-31)18-9-8-16(2)17(3)12-18/h5-14H,4,15H2,1-3H3,(H,27,33). The van der Waals surface area contributed by atoms with Crippen molar-refractivity contribution in [2.45, 2.75) is 27.3 Å². The van der Waals surface area contributed by atoms with E-state index in [1.807, 2.05) is 25.1 Å². The Bertz CT molecular complexity index is 1690. The van der Waals surface area contributed by atoms with Gasteiger partial charge in [0.1, 0.15) is 12.1 Å². The second kappa shape index (κ2) is 9.14. The maximum atomic E-state index is 12.9. The van der Waals surface area contributed by atoms with Crippen molar-refractivity contribution in [2.24, 2.45) is 0 Å². The third kappa shape index (κ3) is 4.24. The Hall–Kier alpha value is -4.73. The first-order chi connectivity index (χ1) is 17.3. The summed E-state index contributed by atoms with van der Waals surface area (Å²) in [6, 6.07) is 14.4. The lowest BCUT2D eigenvalue weighted by molar-refractivity contribution is -0.117. The number of fused-ring (bicyclic) bond motifs is 3. The van der Waals surface area contributed by atoms with E-state index in [2.05, 4.69) is 28.5 Å². The first-order valence-electron chi connectivity index (χ1n) is 11.5. The van der Waals surface area contributed by atoms with Crippen LogP contribution in [0.5, 0.6) is 0 Å². The molecule has 10 nitrogen and oxygen atoms in total. The summed E-state index contributed by atoms with van der Waals surface area (Å²) >= 11 is 0. The fourth-order valence-corrected chi connectivity index (χ4v) is 3.95. The summed E-state index contributed by atoms with van der Waals surface area (Å²) in [6.45, 7) is 5.78. The van der Waals surface area contributed by atoms with E-state index in [1.165, 1.54) is 16.0 Å². The number of aromatic nitrogens is 5. The van der Waals surface area contributed by atoms with Crippen LogP contribution in [-0.2, 0) is 16.1 Å². The van der Waals surface area contributed by atoms with Crippen molar-refractivity contribution in [2.75, 3.05) is 11.9 Å². The number of ether oxygens (including phenoxy) is 1. The molecular weight excluding hydrogens is 460 g/mol. The van der Waals surface area contributed by atoms with Crippen LogP contribution in [0.3, 0.4) is 0 Å². The average molecular weight is 485 g/mol. The van der Waals surface area contributed by atoms with Crippen molar-refractivity contribution < 1.29 is 14.3 Å². The quantitative estimate of drug-likeness (QED) is 0.370. The first kappa shape index (κ1) is 23.0. The zero-order valence-electron chi connectivity index (χ0n) is 20.1. The van der Waals surface area contributed by atoms with Crippen LogP contribution in [0.25, 0.3) is 22.4 Å². The van der Waals surface area contributed by atoms with Gasteiger partial charge in [-0.3, -0.25) is 4.79 Å². The van der Waals surface area contributed by atoms with Gasteiger partial charge in [-0.1, -0.05) is 18.2 Å². The fraction of sp³-hybridized carbons (Fsp3) is 0.192. The molecule has 3 heterocycles. The highest BCUT2D eigenvalue weighted by Crippen LogP contribution is 2.23. The molecule has 5 rings (SSSR count). The number of esters is 1. The number of carbonyl (C=O) groups excluding carboxylic acids is 2. The molecule has 0 aliphatic heterocycles. The lowest BCUT2D eigenvalue weighted by Crippen LogP contribution is -2.28. The number of aryl methyl sites for hydroxylation is 2. The lowest BCUT2D eigenvalue weighted by Gasteiger charge is -2.07. The molecule has 2 aromatic carbocycles. The highest BCUT2D eigenvalue weighted by atomic mass is 16.5. The summed E-state index contributed by atoms with van der Waals surface area (Å²) < 4.78 is 9.14. The second-order valence-corrected chi connectivity index (χ2v) is 8.44. The second-order valence-electron chi connectivity index (χ2n) is 8.44. The molecule has 3 aromatic heterocycles. The number of rotatable bonds is 6. The van der Waals surface area contributed by atoms with Crippen molar-refractivity contribution in [3.05, 3.63) is 88.1 Å². The van der Waals surface area contributed by atoms with Crippen molar-refractivity contribution in [1.82, 2.24) is 23.8 Å². The maximum absolute atomic E-state index is 12.9. The monoisotopic (exact) mass is 484 g/mol. The Morgan fingerprint density at radius 1 is 1.00 bits per heavy atom. The molecule has 0 bridgehead atoms. The minimum atomic E-state index is -0.477. The molecule has 1 amide bonds. The molecule has 0 aliphatic rings. The predicted octanol–water partition coefficient (Wildman–Crippen LogP) is 3.24. The van der Waals surface area contributed by atoms with Gasteiger partial charge >= 0.3 is 11.7 Å². The molecule has 1 N–H and O–H groups in total. The number of amides is 1. The van der Waals surface area contributed by atoms with Crippen LogP contribution < -0.4 is 11.0 Å². The van der Waals surface area contributed by atoms with Crippen molar-refractivity contribution in [3.8, 4) is 11.3 Å². The lowest BCUT2D eigenvalue weighted by atomic mass is 10.0. The number of carbonyl (C=O) groups is 2. The third-order valence-electron chi connectivity index (χ3n) is 5.95. The summed E-state index contributed by atoms with van der Waals surface area (Å²) in [5, 5.41) is 11.7. The minimum absolute atomic E-state index is 0.253. The molecule has 0 atom stereocenters. The van der Waals surface area contributed by atoms with Crippen molar-refractivity contribution in [3.63, 3.8) is 0 Å². The van der Waals surface area contributed by atoms with E-state index in [4.69, 9.17) is 4.74 Å². The van der Waals surface area contributed by atoms with Crippen LogP contribution in [0.4, 0.5) is 5.69 Å². The highest BCUT2D eigenvalue weighted by molar-refractivity contribution is 5.94. The molecule has 0 aliphatic carbocycles. The van der Waals surface area contributed by atoms with Gasteiger partial charge in [0, 0.05) is 23.6 Å². The van der Waals surface area contributed by atoms with E-state index in [0.29, 0.717) is 22.4 Å². The Kier molecular flexibility index (Phi) is 5.85. The van der Waals surface area contributed by atoms with Crippen LogP contribution in [0.1, 0.15) is 28.4 Å². The van der Waals surface area contributed by atoms with Gasteiger partial charge in [0.15, 0.2) is 5.65 Å². The molecule has 0 saturated heterocycles. The normalized spacial score (nSPS) is 11.2. The summed E-state index contributed by atoms with van der Waals surface area (Å²) in [5.41, 5.74) is 5.40. The SMILES string of the molecule is CCOC(=O)c1cccc(NC(=O)Cn2nc3c4cc(-c5ccc(C)c(C)c5)nn4ccn3c2=O)c1. The van der Waals surface area contributed by atoms with Crippen LogP contribution in [-0.4, -0.2) is 42.3 Å². The van der Waals surface area contributed by atoms with Crippen LogP contribution in [0.15, 0.2) is 65.7 Å². The van der Waals surface area contributed by atoms with Gasteiger partial charge < -0.3 is 10.1 Å². The van der Waals surface area contributed by atoms with E-state index in [9.17, 15) is 14.4 Å². The summed E-state index contributed by atoms with van der Waals surface area (Å²) in [5.74, 6) is -0.933. The third-order valence-corrected chi connectivity index (χ3v) is 5.95.